The first-order valence-electron chi connectivity index (χ1n) is 10.6. The standard InChI is InChI=1S/C23H33N3O4/c1-23(2,3)30-22(28)26-17-7-5-15(6-8-17)12-25-21-16(14-27)13-24-20-10-9-18(29-4)11-19(20)21/h9-11,13,15,17,27H,5-8,12,14H2,1-4H3,(H,24,25)(H,26,28). The van der Waals surface area contributed by atoms with E-state index in [0.717, 1.165) is 60.1 Å². The number of rotatable bonds is 6. The number of hydrogen-bond donors (Lipinski definition) is 3. The number of carbonyl (C=O) groups is 1. The SMILES string of the molecule is COc1ccc2ncc(CO)c(NCC3CCC(NC(=O)OC(C)(C)C)CC3)c2c1. The molecular weight excluding hydrogens is 382 g/mol. The Balaban J connectivity index is 1.59. The molecule has 0 spiro atoms. The largest absolute Gasteiger partial charge is 0.497 e. The van der Waals surface area contributed by atoms with Gasteiger partial charge in [-0.1, -0.05) is 0 Å². The summed E-state index contributed by atoms with van der Waals surface area (Å²) in [5, 5.41) is 17.3. The van der Waals surface area contributed by atoms with Crippen LogP contribution in [0.25, 0.3) is 10.9 Å². The van der Waals surface area contributed by atoms with Gasteiger partial charge in [0.2, 0.25) is 0 Å². The van der Waals surface area contributed by atoms with E-state index >= 15 is 0 Å². The van der Waals surface area contributed by atoms with Gasteiger partial charge >= 0.3 is 6.09 Å². The second-order valence-corrected chi connectivity index (χ2v) is 8.94. The molecule has 3 N–H and O–H groups in total. The predicted molar refractivity (Wildman–Crippen MR) is 118 cm³/mol. The lowest BCUT2D eigenvalue weighted by Gasteiger charge is -2.30. The Labute approximate surface area is 178 Å². The Bertz CT molecular complexity index is 865. The van der Waals surface area contributed by atoms with E-state index in [1.807, 2.05) is 39.0 Å². The Morgan fingerprint density at radius 2 is 1.97 bits per heavy atom. The molecule has 0 unspecified atom stereocenters. The molecule has 0 atom stereocenters. The van der Waals surface area contributed by atoms with Crippen LogP contribution in [-0.4, -0.2) is 41.5 Å². The number of hydrogen-bond acceptors (Lipinski definition) is 6. The number of aliphatic hydroxyl groups is 1. The van der Waals surface area contributed by atoms with Crippen molar-refractivity contribution in [3.63, 3.8) is 0 Å². The zero-order chi connectivity index (χ0) is 21.7. The number of nitrogens with zero attached hydrogens (tertiary/aromatic N) is 1. The molecule has 1 heterocycles. The molecule has 1 aromatic heterocycles. The van der Waals surface area contributed by atoms with Gasteiger partial charge in [0.15, 0.2) is 0 Å². The molecule has 0 aliphatic heterocycles. The first kappa shape index (κ1) is 22.2. The molecule has 7 nitrogen and oxygen atoms in total. The van der Waals surface area contributed by atoms with Crippen LogP contribution in [0, 0.1) is 5.92 Å². The maximum Gasteiger partial charge on any atom is 0.407 e. The zero-order valence-electron chi connectivity index (χ0n) is 18.3. The summed E-state index contributed by atoms with van der Waals surface area (Å²) in [5.41, 5.74) is 2.07. The van der Waals surface area contributed by atoms with E-state index in [9.17, 15) is 9.90 Å². The number of alkyl carbamates (subject to hydrolysis) is 1. The molecule has 0 radical (unpaired) electrons. The molecule has 1 aliphatic rings. The second kappa shape index (κ2) is 9.51. The lowest BCUT2D eigenvalue weighted by molar-refractivity contribution is 0.0488. The maximum absolute atomic E-state index is 12.0. The number of fused-ring (bicyclic) bond motifs is 1. The molecule has 1 saturated carbocycles. The van der Waals surface area contributed by atoms with Crippen LogP contribution in [0.2, 0.25) is 0 Å². The van der Waals surface area contributed by atoms with Crippen LogP contribution in [0.5, 0.6) is 5.75 Å². The third-order valence-corrected chi connectivity index (χ3v) is 5.46. The number of pyridine rings is 1. The highest BCUT2D eigenvalue weighted by Crippen LogP contribution is 2.31. The minimum absolute atomic E-state index is 0.0744. The minimum atomic E-state index is -0.481. The zero-order valence-corrected chi connectivity index (χ0v) is 18.3. The van der Waals surface area contributed by atoms with Crippen molar-refractivity contribution in [2.24, 2.45) is 5.92 Å². The van der Waals surface area contributed by atoms with Crippen molar-refractivity contribution in [2.45, 2.75) is 64.7 Å². The highest BCUT2D eigenvalue weighted by atomic mass is 16.6. The first-order valence-corrected chi connectivity index (χ1v) is 10.6. The van der Waals surface area contributed by atoms with Crippen molar-refractivity contribution in [3.8, 4) is 5.75 Å². The number of ether oxygens (including phenoxy) is 2. The molecule has 1 amide bonds. The first-order chi connectivity index (χ1) is 14.3. The minimum Gasteiger partial charge on any atom is -0.497 e. The van der Waals surface area contributed by atoms with E-state index in [1.165, 1.54) is 0 Å². The smallest absolute Gasteiger partial charge is 0.407 e. The number of methoxy groups -OCH3 is 1. The number of aliphatic hydroxyl groups excluding tert-OH is 1. The lowest BCUT2D eigenvalue weighted by Crippen LogP contribution is -2.41. The molecule has 1 fully saturated rings. The normalized spacial score (nSPS) is 19.4. The van der Waals surface area contributed by atoms with Crippen molar-refractivity contribution in [2.75, 3.05) is 19.0 Å². The number of aromatic nitrogens is 1. The third-order valence-electron chi connectivity index (χ3n) is 5.46. The van der Waals surface area contributed by atoms with Gasteiger partial charge in [0, 0.05) is 29.7 Å². The lowest BCUT2D eigenvalue weighted by atomic mass is 9.86. The molecule has 0 saturated heterocycles. The van der Waals surface area contributed by atoms with Gasteiger partial charge in [0.25, 0.3) is 0 Å². The summed E-state index contributed by atoms with van der Waals surface area (Å²) in [6.45, 7) is 6.34. The molecular formula is C23H33N3O4. The molecule has 1 aromatic carbocycles. The number of anilines is 1. The summed E-state index contributed by atoms with van der Waals surface area (Å²) >= 11 is 0. The highest BCUT2D eigenvalue weighted by Gasteiger charge is 2.25. The van der Waals surface area contributed by atoms with Gasteiger partial charge in [0.1, 0.15) is 11.4 Å². The van der Waals surface area contributed by atoms with E-state index in [4.69, 9.17) is 9.47 Å². The van der Waals surface area contributed by atoms with Gasteiger partial charge in [-0.2, -0.15) is 0 Å². The van der Waals surface area contributed by atoms with Gasteiger partial charge < -0.3 is 25.2 Å². The third kappa shape index (κ3) is 5.75. The summed E-state index contributed by atoms with van der Waals surface area (Å²) < 4.78 is 10.7. The molecule has 30 heavy (non-hydrogen) atoms. The van der Waals surface area contributed by atoms with E-state index in [0.29, 0.717) is 5.92 Å². The number of carbonyl (C=O) groups excluding carboxylic acids is 1. The molecule has 2 aromatic rings. The van der Waals surface area contributed by atoms with Crippen LogP contribution in [-0.2, 0) is 11.3 Å². The molecule has 1 aliphatic carbocycles. The average molecular weight is 416 g/mol. The Kier molecular flexibility index (Phi) is 7.02. The summed E-state index contributed by atoms with van der Waals surface area (Å²) in [6.07, 6.45) is 5.29. The van der Waals surface area contributed by atoms with Crippen molar-refractivity contribution in [1.29, 1.82) is 0 Å². The van der Waals surface area contributed by atoms with Crippen molar-refractivity contribution in [1.82, 2.24) is 10.3 Å². The van der Waals surface area contributed by atoms with Crippen LogP contribution >= 0.6 is 0 Å². The summed E-state index contributed by atoms with van der Waals surface area (Å²) in [4.78, 5) is 16.4. The van der Waals surface area contributed by atoms with E-state index < -0.39 is 5.60 Å². The van der Waals surface area contributed by atoms with E-state index in [-0.39, 0.29) is 18.7 Å². The van der Waals surface area contributed by atoms with Crippen molar-refractivity contribution < 1.29 is 19.4 Å². The van der Waals surface area contributed by atoms with E-state index in [2.05, 4.69) is 15.6 Å². The molecule has 164 valence electrons. The fourth-order valence-electron chi connectivity index (χ4n) is 3.90. The second-order valence-electron chi connectivity index (χ2n) is 8.94. The van der Waals surface area contributed by atoms with Crippen molar-refractivity contribution in [3.05, 3.63) is 30.0 Å². The quantitative estimate of drug-likeness (QED) is 0.654. The van der Waals surface area contributed by atoms with Crippen LogP contribution in [0.15, 0.2) is 24.4 Å². The Morgan fingerprint density at radius 1 is 1.23 bits per heavy atom. The van der Waals surface area contributed by atoms with Crippen LogP contribution in [0.3, 0.4) is 0 Å². The van der Waals surface area contributed by atoms with E-state index in [1.54, 1.807) is 13.3 Å². The van der Waals surface area contributed by atoms with Crippen molar-refractivity contribution >= 4 is 22.7 Å². The fourth-order valence-corrected chi connectivity index (χ4v) is 3.90. The van der Waals surface area contributed by atoms with Crippen LogP contribution in [0.1, 0.15) is 52.0 Å². The maximum atomic E-state index is 12.0. The number of amides is 1. The summed E-state index contributed by atoms with van der Waals surface area (Å²) in [6, 6.07) is 5.92. The monoisotopic (exact) mass is 415 g/mol. The van der Waals surface area contributed by atoms with Gasteiger partial charge in [-0.3, -0.25) is 4.98 Å². The summed E-state index contributed by atoms with van der Waals surface area (Å²) in [5.74, 6) is 1.26. The topological polar surface area (TPSA) is 92.7 Å². The van der Waals surface area contributed by atoms with Gasteiger partial charge in [-0.15, -0.1) is 0 Å². The van der Waals surface area contributed by atoms with Gasteiger partial charge in [-0.05, 0) is 70.6 Å². The average Bonchev–Trinajstić information content (AvgIpc) is 2.71. The molecule has 3 rings (SSSR count). The number of nitrogens with one attached hydrogen (secondary N) is 2. The Hall–Kier alpha value is -2.54. The fraction of sp³-hybridized carbons (Fsp3) is 0.565. The van der Waals surface area contributed by atoms with Crippen LogP contribution in [0.4, 0.5) is 10.5 Å². The van der Waals surface area contributed by atoms with Gasteiger partial charge in [0.05, 0.1) is 24.9 Å². The highest BCUT2D eigenvalue weighted by molar-refractivity contribution is 5.93. The predicted octanol–water partition coefficient (Wildman–Crippen LogP) is 4.23. The van der Waals surface area contributed by atoms with Crippen LogP contribution < -0.4 is 15.4 Å². The molecule has 0 bridgehead atoms. The number of benzene rings is 1. The summed E-state index contributed by atoms with van der Waals surface area (Å²) in [7, 11) is 1.64. The Morgan fingerprint density at radius 3 is 2.60 bits per heavy atom. The molecule has 7 heteroatoms. The van der Waals surface area contributed by atoms with Gasteiger partial charge in [-0.25, -0.2) is 4.79 Å².